The van der Waals surface area contributed by atoms with Gasteiger partial charge in [0.2, 0.25) is 6.71 Å². The number of allylic oxidation sites excluding steroid dienone is 3. The highest BCUT2D eigenvalue weighted by Gasteiger charge is 2.48. The smallest absolute Gasteiger partial charge is 0.247 e. The van der Waals surface area contributed by atoms with Crippen LogP contribution in [0.3, 0.4) is 0 Å². The zero-order chi connectivity index (χ0) is 47.5. The van der Waals surface area contributed by atoms with Crippen molar-refractivity contribution in [3.8, 4) is 0 Å². The zero-order valence-electron chi connectivity index (χ0n) is 40.9. The van der Waals surface area contributed by atoms with Gasteiger partial charge in [0.15, 0.2) is 0 Å². The highest BCUT2D eigenvalue weighted by Crippen LogP contribution is 2.56. The summed E-state index contributed by atoms with van der Waals surface area (Å²) in [4.78, 5) is 7.90. The molecule has 0 saturated carbocycles. The summed E-state index contributed by atoms with van der Waals surface area (Å²) in [5.74, 6) is 0. The molecule has 0 bridgehead atoms. The molecule has 0 radical (unpaired) electrons. The Morgan fingerprint density at radius 1 is 0.638 bits per heavy atom. The van der Waals surface area contributed by atoms with Gasteiger partial charge in [0.25, 0.3) is 0 Å². The van der Waals surface area contributed by atoms with Crippen LogP contribution in [-0.4, -0.2) is 17.2 Å². The zero-order valence-corrected chi connectivity index (χ0v) is 41.7. The van der Waals surface area contributed by atoms with Crippen LogP contribution in [-0.2, 0) is 5.41 Å². The number of fused-ring (bicyclic) bond motifs is 10. The second-order valence-electron chi connectivity index (χ2n) is 20.3. The molecule has 0 saturated heterocycles. The van der Waals surface area contributed by atoms with E-state index in [1.807, 2.05) is 17.8 Å². The molecule has 0 fully saturated rings. The lowest BCUT2D eigenvalue weighted by Crippen LogP contribution is -2.57. The van der Waals surface area contributed by atoms with Crippen molar-refractivity contribution in [2.75, 3.05) is 9.80 Å². The molecule has 2 aliphatic heterocycles. The van der Waals surface area contributed by atoms with Gasteiger partial charge in [0.05, 0.1) is 34.0 Å². The first-order chi connectivity index (χ1) is 33.5. The third-order valence-electron chi connectivity index (χ3n) is 15.1. The van der Waals surface area contributed by atoms with Gasteiger partial charge in [0.1, 0.15) is 0 Å². The van der Waals surface area contributed by atoms with E-state index in [1.165, 1.54) is 132 Å². The van der Waals surface area contributed by atoms with E-state index in [0.29, 0.717) is 0 Å². The summed E-state index contributed by atoms with van der Waals surface area (Å²) in [7, 11) is 0. The van der Waals surface area contributed by atoms with Crippen LogP contribution < -0.4 is 20.7 Å². The van der Waals surface area contributed by atoms with Gasteiger partial charge >= 0.3 is 0 Å². The Labute approximate surface area is 411 Å². The molecular weight excluding hydrogens is 854 g/mol. The Balaban J connectivity index is 1.28. The van der Waals surface area contributed by atoms with Crippen molar-refractivity contribution in [1.29, 1.82) is 0 Å². The third kappa shape index (κ3) is 6.50. The van der Waals surface area contributed by atoms with Crippen LogP contribution in [0.4, 0.5) is 22.7 Å². The maximum Gasteiger partial charge on any atom is 0.247 e. The molecule has 69 heavy (non-hydrogen) atoms. The lowest BCUT2D eigenvalue weighted by atomic mass is 9.32. The molecule has 336 valence electrons. The number of nitrogens with zero attached hydrogens (tertiary/aromatic N) is 3. The van der Waals surface area contributed by atoms with Gasteiger partial charge in [-0.1, -0.05) is 184 Å². The molecule has 0 amide bonds. The molecule has 1 atom stereocenters. The van der Waals surface area contributed by atoms with Crippen molar-refractivity contribution in [2.45, 2.75) is 76.6 Å². The van der Waals surface area contributed by atoms with Crippen molar-refractivity contribution < 1.29 is 0 Å². The van der Waals surface area contributed by atoms with Gasteiger partial charge in [-0.25, -0.2) is 0 Å². The molecule has 2 aliphatic rings. The molecule has 0 spiro atoms. The Morgan fingerprint density at radius 2 is 1.25 bits per heavy atom. The van der Waals surface area contributed by atoms with E-state index in [1.54, 1.807) is 0 Å². The summed E-state index contributed by atoms with van der Waals surface area (Å²) < 4.78 is 2.58. The van der Waals surface area contributed by atoms with Gasteiger partial charge < -0.3 is 14.2 Å². The Hall–Kier alpha value is -7.21. The highest BCUT2D eigenvalue weighted by molar-refractivity contribution is 7.99. The number of para-hydroxylation sites is 3. The number of hydrogen-bond acceptors (Lipinski definition) is 3. The van der Waals surface area contributed by atoms with Gasteiger partial charge in [-0.3, -0.25) is 0 Å². The van der Waals surface area contributed by atoms with Gasteiger partial charge in [-0.2, -0.15) is 0 Å². The van der Waals surface area contributed by atoms with Crippen LogP contribution >= 0.6 is 11.8 Å². The number of aryl methyl sites for hydroxylation is 3. The molecule has 8 aromatic carbocycles. The van der Waals surface area contributed by atoms with E-state index >= 15 is 0 Å². The summed E-state index contributed by atoms with van der Waals surface area (Å²) in [6.07, 6.45) is 4.24. The monoisotopic (exact) mass is 909 g/mol. The minimum absolute atomic E-state index is 0.0361. The maximum absolute atomic E-state index is 4.35. The van der Waals surface area contributed by atoms with Gasteiger partial charge in [-0.15, -0.1) is 0 Å². The molecular formula is C64H56BN3S. The van der Waals surface area contributed by atoms with Crippen LogP contribution in [0.1, 0.15) is 68.0 Å². The second-order valence-corrected chi connectivity index (χ2v) is 21.4. The van der Waals surface area contributed by atoms with E-state index in [-0.39, 0.29) is 18.2 Å². The van der Waals surface area contributed by atoms with Gasteiger partial charge in [0, 0.05) is 54.0 Å². The summed E-state index contributed by atoms with van der Waals surface area (Å²) in [6, 6.07) is 61.5. The van der Waals surface area contributed by atoms with E-state index in [0.717, 1.165) is 0 Å². The number of benzene rings is 8. The van der Waals surface area contributed by atoms with Crippen LogP contribution in [0.25, 0.3) is 49.4 Å². The fourth-order valence-electron chi connectivity index (χ4n) is 11.8. The molecule has 1 unspecified atom stereocenters. The van der Waals surface area contributed by atoms with Crippen LogP contribution in [0.15, 0.2) is 198 Å². The molecule has 3 nitrogen and oxygen atoms in total. The Kier molecular flexibility index (Phi) is 10.1. The topological polar surface area (TPSA) is 10.9 Å². The standard InChI is InChI=1S/C64H56BN3S/c1-10-21-47(44-33-35-45(36-34-44)64(7,8)9)43(6)66-60(46-24-13-11-22-40(46)3)42(5)65-50-37-32-39(2)38-54(50)68(53-29-18-20-31-56(53)69-55-30-19-12-23-41(55)4)63-58-49-26-15-17-28-52(49)67-51-27-16-14-25-48(51)57(61(58)67)62(66)59(63)65/h10-38,43H,1H2,2-9H3/b47-21+. The Bertz CT molecular complexity index is 3790. The predicted octanol–water partition coefficient (Wildman–Crippen LogP) is 16.1. The lowest BCUT2D eigenvalue weighted by Gasteiger charge is -2.48. The normalized spacial score (nSPS) is 14.4. The molecule has 0 N–H and O–H groups in total. The van der Waals surface area contributed by atoms with Crippen molar-refractivity contribution in [1.82, 2.24) is 4.40 Å². The van der Waals surface area contributed by atoms with Crippen molar-refractivity contribution in [3.05, 3.63) is 221 Å². The SMILES string of the molecule is C=C/C=C(/c1ccc(C(C)(C)C)cc1)C(C)N1C(c2ccccc2C)=C(C)B2c3ccc(C)cc3N(c3ccccc3Sc3ccccc3C)c3c2c1c1c2ccccc2n2c4ccccc4c3c12. The van der Waals surface area contributed by atoms with Gasteiger partial charge in [-0.05, 0) is 121 Å². The third-order valence-corrected chi connectivity index (χ3v) is 16.3. The number of anilines is 4. The average molecular weight is 910 g/mol. The van der Waals surface area contributed by atoms with E-state index in [4.69, 9.17) is 0 Å². The maximum atomic E-state index is 4.35. The first kappa shape index (κ1) is 43.1. The molecule has 5 heteroatoms. The van der Waals surface area contributed by atoms with Crippen LogP contribution in [0.5, 0.6) is 0 Å². The summed E-state index contributed by atoms with van der Waals surface area (Å²) >= 11 is 1.86. The minimum atomic E-state index is -0.117. The van der Waals surface area contributed by atoms with Crippen LogP contribution in [0, 0.1) is 20.8 Å². The fourth-order valence-corrected chi connectivity index (χ4v) is 12.9. The number of aromatic nitrogens is 1. The minimum Gasteiger partial charge on any atom is -0.334 e. The van der Waals surface area contributed by atoms with Crippen LogP contribution in [0.2, 0.25) is 0 Å². The summed E-state index contributed by atoms with van der Waals surface area (Å²) in [6.45, 7) is 22.8. The fraction of sp³-hybridized carbons (Fsp3) is 0.156. The van der Waals surface area contributed by atoms with E-state index in [2.05, 4.69) is 246 Å². The second kappa shape index (κ2) is 16.2. The Morgan fingerprint density at radius 3 is 1.91 bits per heavy atom. The largest absolute Gasteiger partial charge is 0.334 e. The average Bonchev–Trinajstić information content (AvgIpc) is 3.87. The van der Waals surface area contributed by atoms with E-state index in [9.17, 15) is 0 Å². The number of rotatable bonds is 8. The first-order valence-corrected chi connectivity index (χ1v) is 25.2. The summed E-state index contributed by atoms with van der Waals surface area (Å²) in [5.41, 5.74) is 22.7. The summed E-state index contributed by atoms with van der Waals surface area (Å²) in [5, 5.41) is 5.12. The molecule has 2 aromatic heterocycles. The van der Waals surface area contributed by atoms with Crippen molar-refractivity contribution >= 4 is 102 Å². The first-order valence-electron chi connectivity index (χ1n) is 24.4. The highest BCUT2D eigenvalue weighted by atomic mass is 32.2. The quantitative estimate of drug-likeness (QED) is 0.111. The molecule has 0 aliphatic carbocycles. The van der Waals surface area contributed by atoms with Crippen molar-refractivity contribution in [2.24, 2.45) is 0 Å². The molecule has 4 heterocycles. The van der Waals surface area contributed by atoms with Crippen molar-refractivity contribution in [3.63, 3.8) is 0 Å². The van der Waals surface area contributed by atoms with E-state index < -0.39 is 0 Å². The predicted molar refractivity (Wildman–Crippen MR) is 300 cm³/mol. The molecule has 10 aromatic rings. The number of hydrogen-bond donors (Lipinski definition) is 0. The lowest BCUT2D eigenvalue weighted by molar-refractivity contribution is 0.590. The molecule has 12 rings (SSSR count).